The Morgan fingerprint density at radius 3 is 2.41 bits per heavy atom. The van der Waals surface area contributed by atoms with Gasteiger partial charge in [-0.15, -0.1) is 0 Å². The summed E-state index contributed by atoms with van der Waals surface area (Å²) in [6, 6.07) is 6.97. The van der Waals surface area contributed by atoms with Crippen LogP contribution in [0.15, 0.2) is 24.3 Å². The zero-order valence-electron chi connectivity index (χ0n) is 13.4. The van der Waals surface area contributed by atoms with Gasteiger partial charge in [-0.3, -0.25) is 9.59 Å². The van der Waals surface area contributed by atoms with Gasteiger partial charge in [-0.1, -0.05) is 32.1 Å². The summed E-state index contributed by atoms with van der Waals surface area (Å²) in [5, 5.41) is 5.47. The van der Waals surface area contributed by atoms with Crippen molar-refractivity contribution < 1.29 is 9.59 Å². The molecule has 120 valence electrons. The van der Waals surface area contributed by atoms with Crippen molar-refractivity contribution >= 4 is 17.5 Å². The lowest BCUT2D eigenvalue weighted by Crippen LogP contribution is -2.17. The van der Waals surface area contributed by atoms with Gasteiger partial charge in [0.1, 0.15) is 0 Å². The first kappa shape index (κ1) is 16.5. The third kappa shape index (κ3) is 5.17. The standard InChI is InChI=1S/C18H26N2O2/c1-19-18(22)15-10-12-16(13-11-15)20-17(21)9-5-8-14-6-3-2-4-7-14/h10-14H,2-9H2,1H3,(H,19,22)(H,20,21). The van der Waals surface area contributed by atoms with E-state index in [1.165, 1.54) is 38.5 Å². The molecule has 0 bridgehead atoms. The molecule has 2 rings (SSSR count). The number of amides is 2. The molecule has 0 atom stereocenters. The Morgan fingerprint density at radius 1 is 1.09 bits per heavy atom. The van der Waals surface area contributed by atoms with Gasteiger partial charge in [0.25, 0.3) is 5.91 Å². The van der Waals surface area contributed by atoms with Gasteiger partial charge >= 0.3 is 0 Å². The minimum absolute atomic E-state index is 0.0588. The predicted octanol–water partition coefficient (Wildman–Crippen LogP) is 3.74. The summed E-state index contributed by atoms with van der Waals surface area (Å²) in [5.41, 5.74) is 1.34. The Kier molecular flexibility index (Phi) is 6.44. The molecule has 1 aliphatic carbocycles. The van der Waals surface area contributed by atoms with E-state index in [2.05, 4.69) is 10.6 Å². The van der Waals surface area contributed by atoms with Crippen molar-refractivity contribution in [1.29, 1.82) is 0 Å². The first-order valence-corrected chi connectivity index (χ1v) is 8.31. The van der Waals surface area contributed by atoms with Crippen LogP contribution in [0.5, 0.6) is 0 Å². The van der Waals surface area contributed by atoms with Gasteiger partial charge in [-0.25, -0.2) is 0 Å². The first-order valence-electron chi connectivity index (χ1n) is 8.31. The Balaban J connectivity index is 1.71. The summed E-state index contributed by atoms with van der Waals surface area (Å²) in [6.45, 7) is 0. The normalized spacial score (nSPS) is 15.3. The smallest absolute Gasteiger partial charge is 0.251 e. The van der Waals surface area contributed by atoms with Gasteiger partial charge in [0.2, 0.25) is 5.91 Å². The summed E-state index contributed by atoms with van der Waals surface area (Å²) >= 11 is 0. The number of nitrogens with one attached hydrogen (secondary N) is 2. The number of hydrogen-bond donors (Lipinski definition) is 2. The Labute approximate surface area is 132 Å². The zero-order chi connectivity index (χ0) is 15.8. The molecule has 0 aliphatic heterocycles. The third-order valence-corrected chi connectivity index (χ3v) is 4.40. The van der Waals surface area contributed by atoms with Crippen LogP contribution >= 0.6 is 0 Å². The Morgan fingerprint density at radius 2 is 1.77 bits per heavy atom. The number of anilines is 1. The molecular formula is C18H26N2O2. The Hall–Kier alpha value is -1.84. The molecule has 1 fully saturated rings. The molecule has 4 nitrogen and oxygen atoms in total. The predicted molar refractivity (Wildman–Crippen MR) is 88.9 cm³/mol. The molecule has 22 heavy (non-hydrogen) atoms. The summed E-state index contributed by atoms with van der Waals surface area (Å²) in [5.74, 6) is 0.766. The lowest BCUT2D eigenvalue weighted by Gasteiger charge is -2.21. The largest absolute Gasteiger partial charge is 0.355 e. The van der Waals surface area contributed by atoms with Crippen LogP contribution in [0.25, 0.3) is 0 Å². The van der Waals surface area contributed by atoms with Crippen LogP contribution in [0, 0.1) is 5.92 Å². The highest BCUT2D eigenvalue weighted by atomic mass is 16.2. The lowest BCUT2D eigenvalue weighted by molar-refractivity contribution is -0.116. The molecule has 0 unspecified atom stereocenters. The minimum Gasteiger partial charge on any atom is -0.355 e. The summed E-state index contributed by atoms with van der Waals surface area (Å²) < 4.78 is 0. The molecule has 0 spiro atoms. The molecule has 0 radical (unpaired) electrons. The third-order valence-electron chi connectivity index (χ3n) is 4.40. The van der Waals surface area contributed by atoms with Gasteiger partial charge in [0.15, 0.2) is 0 Å². The number of benzene rings is 1. The lowest BCUT2D eigenvalue weighted by atomic mass is 9.86. The molecule has 1 aromatic rings. The SMILES string of the molecule is CNC(=O)c1ccc(NC(=O)CCCC2CCCCC2)cc1. The molecule has 4 heteroatoms. The Bertz CT molecular complexity index is 490. The maximum Gasteiger partial charge on any atom is 0.251 e. The summed E-state index contributed by atoms with van der Waals surface area (Å²) in [4.78, 5) is 23.4. The highest BCUT2D eigenvalue weighted by molar-refractivity contribution is 5.95. The van der Waals surface area contributed by atoms with Crippen LogP contribution in [0.4, 0.5) is 5.69 Å². The van der Waals surface area contributed by atoms with Gasteiger partial charge in [-0.2, -0.15) is 0 Å². The van der Waals surface area contributed by atoms with E-state index in [0.29, 0.717) is 12.0 Å². The monoisotopic (exact) mass is 302 g/mol. The van der Waals surface area contributed by atoms with Crippen molar-refractivity contribution in [1.82, 2.24) is 5.32 Å². The molecule has 2 amide bonds. The van der Waals surface area contributed by atoms with Crippen molar-refractivity contribution in [2.45, 2.75) is 51.4 Å². The fraction of sp³-hybridized carbons (Fsp3) is 0.556. The second kappa shape index (κ2) is 8.57. The molecule has 2 N–H and O–H groups in total. The quantitative estimate of drug-likeness (QED) is 0.841. The molecule has 0 heterocycles. The van der Waals surface area contributed by atoms with E-state index < -0.39 is 0 Å². The van der Waals surface area contributed by atoms with Gasteiger partial charge in [0, 0.05) is 24.7 Å². The highest BCUT2D eigenvalue weighted by Gasteiger charge is 2.13. The highest BCUT2D eigenvalue weighted by Crippen LogP contribution is 2.27. The van der Waals surface area contributed by atoms with Crippen LogP contribution < -0.4 is 10.6 Å². The van der Waals surface area contributed by atoms with E-state index in [9.17, 15) is 9.59 Å². The van der Waals surface area contributed by atoms with Crippen LogP contribution in [0.1, 0.15) is 61.7 Å². The van der Waals surface area contributed by atoms with E-state index in [1.54, 1.807) is 31.3 Å². The van der Waals surface area contributed by atoms with E-state index in [-0.39, 0.29) is 11.8 Å². The number of carbonyl (C=O) groups is 2. The maximum absolute atomic E-state index is 11.9. The van der Waals surface area contributed by atoms with Gasteiger partial charge in [-0.05, 0) is 43.0 Å². The first-order chi connectivity index (χ1) is 10.7. The maximum atomic E-state index is 11.9. The minimum atomic E-state index is -0.120. The van der Waals surface area contributed by atoms with Crippen LogP contribution in [0.3, 0.4) is 0 Å². The van der Waals surface area contributed by atoms with Crippen molar-refractivity contribution in [2.24, 2.45) is 5.92 Å². The van der Waals surface area contributed by atoms with Crippen molar-refractivity contribution in [3.63, 3.8) is 0 Å². The van der Waals surface area contributed by atoms with Crippen LogP contribution in [-0.2, 0) is 4.79 Å². The molecule has 1 saturated carbocycles. The van der Waals surface area contributed by atoms with Crippen molar-refractivity contribution in [3.05, 3.63) is 29.8 Å². The van der Waals surface area contributed by atoms with E-state index in [0.717, 1.165) is 18.0 Å². The molecule has 0 aromatic heterocycles. The molecule has 1 aliphatic rings. The number of carbonyl (C=O) groups excluding carboxylic acids is 2. The molecule has 0 saturated heterocycles. The average molecular weight is 302 g/mol. The molecule has 1 aromatic carbocycles. The fourth-order valence-corrected chi connectivity index (χ4v) is 3.10. The second-order valence-electron chi connectivity index (χ2n) is 6.10. The van der Waals surface area contributed by atoms with E-state index in [4.69, 9.17) is 0 Å². The second-order valence-corrected chi connectivity index (χ2v) is 6.10. The summed E-state index contributed by atoms with van der Waals surface area (Å²) in [7, 11) is 1.60. The van der Waals surface area contributed by atoms with Gasteiger partial charge < -0.3 is 10.6 Å². The van der Waals surface area contributed by atoms with Crippen molar-refractivity contribution in [3.8, 4) is 0 Å². The fourth-order valence-electron chi connectivity index (χ4n) is 3.10. The topological polar surface area (TPSA) is 58.2 Å². The average Bonchev–Trinajstić information content (AvgIpc) is 2.56. The molecular weight excluding hydrogens is 276 g/mol. The summed E-state index contributed by atoms with van der Waals surface area (Å²) in [6.07, 6.45) is 9.47. The number of rotatable bonds is 6. The van der Waals surface area contributed by atoms with E-state index >= 15 is 0 Å². The van der Waals surface area contributed by atoms with Crippen molar-refractivity contribution in [2.75, 3.05) is 12.4 Å². The van der Waals surface area contributed by atoms with Crippen LogP contribution in [0.2, 0.25) is 0 Å². The van der Waals surface area contributed by atoms with E-state index in [1.807, 2.05) is 0 Å². The zero-order valence-corrected chi connectivity index (χ0v) is 13.4. The van der Waals surface area contributed by atoms with Crippen LogP contribution in [-0.4, -0.2) is 18.9 Å². The van der Waals surface area contributed by atoms with Gasteiger partial charge in [0.05, 0.1) is 0 Å². The number of hydrogen-bond acceptors (Lipinski definition) is 2.